The lowest BCUT2D eigenvalue weighted by Gasteiger charge is -2.14. The summed E-state index contributed by atoms with van der Waals surface area (Å²) in [5, 5.41) is 0.682. The zero-order valence-electron chi connectivity index (χ0n) is 12.1. The smallest absolute Gasteiger partial charge is 0.144 e. The summed E-state index contributed by atoms with van der Waals surface area (Å²) in [7, 11) is 1.64. The van der Waals surface area contributed by atoms with Gasteiger partial charge in [-0.1, -0.05) is 11.6 Å². The van der Waals surface area contributed by atoms with Gasteiger partial charge in [-0.25, -0.2) is 4.98 Å². The molecule has 0 amide bonds. The van der Waals surface area contributed by atoms with Crippen molar-refractivity contribution < 1.29 is 4.74 Å². The third-order valence-corrected chi connectivity index (χ3v) is 3.95. The van der Waals surface area contributed by atoms with Crippen LogP contribution in [-0.4, -0.2) is 16.7 Å². The van der Waals surface area contributed by atoms with Gasteiger partial charge < -0.3 is 10.5 Å². The molecule has 0 atom stereocenters. The molecule has 0 bridgehead atoms. The quantitative estimate of drug-likeness (QED) is 0.731. The van der Waals surface area contributed by atoms with Crippen LogP contribution in [0.25, 0.3) is 16.7 Å². The van der Waals surface area contributed by atoms with Crippen LogP contribution >= 0.6 is 11.6 Å². The molecule has 2 N–H and O–H groups in total. The molecule has 4 nitrogen and oxygen atoms in total. The minimum absolute atomic E-state index is 0.682. The Morgan fingerprint density at radius 1 is 1.19 bits per heavy atom. The van der Waals surface area contributed by atoms with Gasteiger partial charge in [0.25, 0.3) is 0 Å². The zero-order valence-corrected chi connectivity index (χ0v) is 12.9. The van der Waals surface area contributed by atoms with Crippen molar-refractivity contribution in [1.29, 1.82) is 0 Å². The maximum atomic E-state index is 6.18. The van der Waals surface area contributed by atoms with E-state index in [4.69, 9.17) is 22.1 Å². The molecule has 21 heavy (non-hydrogen) atoms. The van der Waals surface area contributed by atoms with E-state index in [0.29, 0.717) is 16.5 Å². The molecular formula is C16H16ClN3O. The first-order valence-corrected chi connectivity index (χ1v) is 6.98. The second-order valence-electron chi connectivity index (χ2n) is 5.02. The van der Waals surface area contributed by atoms with Gasteiger partial charge in [-0.2, -0.15) is 0 Å². The van der Waals surface area contributed by atoms with Gasteiger partial charge in [0, 0.05) is 16.8 Å². The minimum Gasteiger partial charge on any atom is -0.495 e. The number of rotatable bonds is 2. The van der Waals surface area contributed by atoms with E-state index >= 15 is 0 Å². The Morgan fingerprint density at radius 3 is 2.67 bits per heavy atom. The highest BCUT2D eigenvalue weighted by atomic mass is 35.5. The Morgan fingerprint density at radius 2 is 1.95 bits per heavy atom. The molecule has 1 aromatic heterocycles. The molecule has 1 heterocycles. The fourth-order valence-corrected chi connectivity index (χ4v) is 2.66. The zero-order chi connectivity index (χ0) is 15.1. The van der Waals surface area contributed by atoms with Crippen LogP contribution < -0.4 is 10.5 Å². The lowest BCUT2D eigenvalue weighted by molar-refractivity contribution is 0.413. The van der Waals surface area contributed by atoms with Crippen molar-refractivity contribution in [2.75, 3.05) is 12.8 Å². The maximum Gasteiger partial charge on any atom is 0.144 e. The summed E-state index contributed by atoms with van der Waals surface area (Å²) in [5.41, 5.74) is 10.3. The molecule has 0 aliphatic rings. The fraction of sp³-hybridized carbons (Fsp3) is 0.188. The summed E-state index contributed by atoms with van der Waals surface area (Å²) in [4.78, 5) is 4.57. The second kappa shape index (κ2) is 4.97. The van der Waals surface area contributed by atoms with Crippen LogP contribution in [-0.2, 0) is 0 Å². The summed E-state index contributed by atoms with van der Waals surface area (Å²) >= 11 is 6.18. The van der Waals surface area contributed by atoms with E-state index in [-0.39, 0.29) is 0 Å². The Labute approximate surface area is 128 Å². The first-order valence-electron chi connectivity index (χ1n) is 6.60. The number of hydrogen-bond acceptors (Lipinski definition) is 3. The SMILES string of the molecule is COc1cc(Cl)c(C)cc1-n1c(C)nc2cc(N)ccc21. The van der Waals surface area contributed by atoms with Gasteiger partial charge in [-0.05, 0) is 43.7 Å². The highest BCUT2D eigenvalue weighted by molar-refractivity contribution is 6.31. The number of hydrogen-bond donors (Lipinski definition) is 1. The van der Waals surface area contributed by atoms with Crippen molar-refractivity contribution in [3.05, 3.63) is 46.7 Å². The molecule has 0 spiro atoms. The summed E-state index contributed by atoms with van der Waals surface area (Å²) in [6, 6.07) is 9.54. The van der Waals surface area contributed by atoms with Crippen molar-refractivity contribution >= 4 is 28.3 Å². The molecule has 5 heteroatoms. The molecule has 2 aromatic carbocycles. The normalized spacial score (nSPS) is 11.0. The number of nitrogens with zero attached hydrogens (tertiary/aromatic N) is 2. The summed E-state index contributed by atoms with van der Waals surface area (Å²) in [6.45, 7) is 3.93. The lowest BCUT2D eigenvalue weighted by Crippen LogP contribution is -2.01. The van der Waals surface area contributed by atoms with Gasteiger partial charge in [0.15, 0.2) is 0 Å². The van der Waals surface area contributed by atoms with E-state index in [9.17, 15) is 0 Å². The number of fused-ring (bicyclic) bond motifs is 1. The van der Waals surface area contributed by atoms with Gasteiger partial charge in [-0.15, -0.1) is 0 Å². The molecular weight excluding hydrogens is 286 g/mol. The largest absolute Gasteiger partial charge is 0.495 e. The highest BCUT2D eigenvalue weighted by Gasteiger charge is 2.15. The average molecular weight is 302 g/mol. The number of methoxy groups -OCH3 is 1. The molecule has 0 aliphatic carbocycles. The van der Waals surface area contributed by atoms with E-state index < -0.39 is 0 Å². The van der Waals surface area contributed by atoms with Gasteiger partial charge in [-0.3, -0.25) is 4.57 Å². The van der Waals surface area contributed by atoms with Crippen molar-refractivity contribution in [2.45, 2.75) is 13.8 Å². The number of nitrogens with two attached hydrogens (primary N) is 1. The van der Waals surface area contributed by atoms with Crippen LogP contribution in [0.5, 0.6) is 5.75 Å². The number of ether oxygens (including phenoxy) is 1. The molecule has 3 rings (SSSR count). The van der Waals surface area contributed by atoms with Crippen molar-refractivity contribution in [1.82, 2.24) is 9.55 Å². The second-order valence-corrected chi connectivity index (χ2v) is 5.42. The van der Waals surface area contributed by atoms with E-state index in [2.05, 4.69) is 9.55 Å². The monoisotopic (exact) mass is 301 g/mol. The predicted octanol–water partition coefficient (Wildman–Crippen LogP) is 3.89. The number of benzene rings is 2. The van der Waals surface area contributed by atoms with Gasteiger partial charge in [0.1, 0.15) is 11.6 Å². The molecule has 0 unspecified atom stereocenters. The number of anilines is 1. The van der Waals surface area contributed by atoms with Crippen LogP contribution in [0.1, 0.15) is 11.4 Å². The van der Waals surface area contributed by atoms with E-state index in [0.717, 1.165) is 28.1 Å². The van der Waals surface area contributed by atoms with Crippen LogP contribution in [0.2, 0.25) is 5.02 Å². The third kappa shape index (κ3) is 2.21. The molecule has 0 saturated carbocycles. The maximum absolute atomic E-state index is 6.18. The fourth-order valence-electron chi connectivity index (χ4n) is 2.51. The summed E-state index contributed by atoms with van der Waals surface area (Å²) in [6.07, 6.45) is 0. The van der Waals surface area contributed by atoms with E-state index in [1.807, 2.05) is 44.2 Å². The van der Waals surface area contributed by atoms with Gasteiger partial charge in [0.2, 0.25) is 0 Å². The standard InChI is InChI=1S/C16H16ClN3O/c1-9-6-15(16(21-3)8-12(9)17)20-10(2)19-13-7-11(18)4-5-14(13)20/h4-8H,18H2,1-3H3. The predicted molar refractivity (Wildman–Crippen MR) is 86.5 cm³/mol. The first kappa shape index (κ1) is 13.8. The van der Waals surface area contributed by atoms with E-state index in [1.165, 1.54) is 0 Å². The van der Waals surface area contributed by atoms with Crippen LogP contribution in [0.3, 0.4) is 0 Å². The van der Waals surface area contributed by atoms with Crippen molar-refractivity contribution in [3.63, 3.8) is 0 Å². The number of nitrogen functional groups attached to an aromatic ring is 1. The molecule has 3 aromatic rings. The minimum atomic E-state index is 0.682. The number of aryl methyl sites for hydroxylation is 2. The summed E-state index contributed by atoms with van der Waals surface area (Å²) < 4.78 is 7.53. The van der Waals surface area contributed by atoms with E-state index in [1.54, 1.807) is 7.11 Å². The molecule has 0 aliphatic heterocycles. The molecule has 0 saturated heterocycles. The van der Waals surface area contributed by atoms with Crippen LogP contribution in [0.15, 0.2) is 30.3 Å². The Hall–Kier alpha value is -2.20. The highest BCUT2D eigenvalue weighted by Crippen LogP contribution is 2.33. The average Bonchev–Trinajstić information content (AvgIpc) is 2.76. The summed E-state index contributed by atoms with van der Waals surface area (Å²) in [5.74, 6) is 1.58. The number of halogens is 1. The third-order valence-electron chi connectivity index (χ3n) is 3.55. The molecule has 0 fully saturated rings. The Kier molecular flexibility index (Phi) is 3.26. The number of imidazole rings is 1. The van der Waals surface area contributed by atoms with Gasteiger partial charge >= 0.3 is 0 Å². The van der Waals surface area contributed by atoms with Crippen molar-refractivity contribution in [3.8, 4) is 11.4 Å². The first-order chi connectivity index (χ1) is 10.0. The molecule has 108 valence electrons. The Bertz CT molecular complexity index is 839. The van der Waals surface area contributed by atoms with Crippen LogP contribution in [0, 0.1) is 13.8 Å². The topological polar surface area (TPSA) is 53.1 Å². The number of aromatic nitrogens is 2. The van der Waals surface area contributed by atoms with Crippen LogP contribution in [0.4, 0.5) is 5.69 Å². The van der Waals surface area contributed by atoms with Crippen molar-refractivity contribution in [2.24, 2.45) is 0 Å². The Balaban J connectivity index is 2.35. The molecule has 0 radical (unpaired) electrons. The lowest BCUT2D eigenvalue weighted by atomic mass is 10.2. The van der Waals surface area contributed by atoms with Gasteiger partial charge in [0.05, 0.1) is 23.8 Å².